The average Bonchev–Trinajstić information content (AvgIpc) is 2.65. The Bertz CT molecular complexity index is 609. The Morgan fingerprint density at radius 3 is 2.89 bits per heavy atom. The van der Waals surface area contributed by atoms with E-state index in [1.165, 1.54) is 23.5 Å². The highest BCUT2D eigenvalue weighted by Gasteiger charge is 2.17. The molecule has 0 aliphatic heterocycles. The van der Waals surface area contributed by atoms with E-state index in [9.17, 15) is 9.18 Å². The molecule has 1 N–H and O–H groups in total. The number of amides is 1. The minimum Gasteiger partial charge on any atom is -0.351 e. The van der Waals surface area contributed by atoms with Gasteiger partial charge in [0.25, 0.3) is 5.91 Å². The second-order valence-corrected chi connectivity index (χ2v) is 6.25. The van der Waals surface area contributed by atoms with Crippen molar-refractivity contribution in [2.24, 2.45) is 5.92 Å². The number of halogens is 2. The lowest BCUT2D eigenvalue weighted by atomic mass is 10.1. The highest BCUT2D eigenvalue weighted by Crippen LogP contribution is 2.35. The molecule has 0 saturated carbocycles. The molecule has 0 radical (unpaired) electrons. The lowest BCUT2D eigenvalue weighted by Crippen LogP contribution is -2.24. The number of hydrogen-bond acceptors (Lipinski definition) is 2. The first-order chi connectivity index (χ1) is 8.99. The van der Waals surface area contributed by atoms with Crippen LogP contribution in [0.25, 0.3) is 10.1 Å². The van der Waals surface area contributed by atoms with E-state index in [1.54, 1.807) is 6.07 Å². The summed E-state index contributed by atoms with van der Waals surface area (Å²) < 4.78 is 13.8. The summed E-state index contributed by atoms with van der Waals surface area (Å²) in [6.45, 7) is 4.82. The molecule has 0 saturated heterocycles. The van der Waals surface area contributed by atoms with Crippen molar-refractivity contribution in [3.8, 4) is 0 Å². The molecule has 0 bridgehead atoms. The molecule has 5 heteroatoms. The number of nitrogens with one attached hydrogen (secondary N) is 1. The number of benzene rings is 1. The third-order valence-electron chi connectivity index (χ3n) is 2.80. The van der Waals surface area contributed by atoms with E-state index >= 15 is 0 Å². The van der Waals surface area contributed by atoms with E-state index < -0.39 is 0 Å². The monoisotopic (exact) mass is 299 g/mol. The summed E-state index contributed by atoms with van der Waals surface area (Å²) in [4.78, 5) is 12.5. The summed E-state index contributed by atoms with van der Waals surface area (Å²) in [7, 11) is 0. The standard InChI is InChI=1S/C14H15ClFNOS/c1-8(2)5-6-17-14(18)13-12(15)10-4-3-9(16)7-11(10)19-13/h3-4,7-8H,5-6H2,1-2H3,(H,17,18). The van der Waals surface area contributed by atoms with Gasteiger partial charge in [0.1, 0.15) is 10.7 Å². The molecule has 1 aromatic heterocycles. The molecule has 1 heterocycles. The fraction of sp³-hybridized carbons (Fsp3) is 0.357. The highest BCUT2D eigenvalue weighted by molar-refractivity contribution is 7.21. The predicted octanol–water partition coefficient (Wildman–Crippen LogP) is 4.47. The Morgan fingerprint density at radius 1 is 1.47 bits per heavy atom. The number of hydrogen-bond donors (Lipinski definition) is 1. The molecule has 0 aliphatic rings. The molecule has 2 aromatic rings. The molecule has 19 heavy (non-hydrogen) atoms. The summed E-state index contributed by atoms with van der Waals surface area (Å²) in [5, 5.41) is 3.97. The molecule has 0 unspecified atom stereocenters. The number of carbonyl (C=O) groups excluding carboxylic acids is 1. The second kappa shape index (κ2) is 5.88. The van der Waals surface area contributed by atoms with Crippen LogP contribution in [0.1, 0.15) is 29.9 Å². The van der Waals surface area contributed by atoms with Crippen LogP contribution in [0.4, 0.5) is 4.39 Å². The molecule has 1 aromatic carbocycles. The summed E-state index contributed by atoms with van der Waals surface area (Å²) in [5.41, 5.74) is 0. The number of rotatable bonds is 4. The van der Waals surface area contributed by atoms with Crippen molar-refractivity contribution in [3.05, 3.63) is 33.9 Å². The Labute approximate surface area is 120 Å². The van der Waals surface area contributed by atoms with Crippen LogP contribution in [0.2, 0.25) is 5.02 Å². The van der Waals surface area contributed by atoms with Gasteiger partial charge in [-0.05, 0) is 30.5 Å². The zero-order valence-electron chi connectivity index (χ0n) is 10.8. The zero-order valence-corrected chi connectivity index (χ0v) is 12.4. The van der Waals surface area contributed by atoms with E-state index in [2.05, 4.69) is 19.2 Å². The smallest absolute Gasteiger partial charge is 0.262 e. The minimum absolute atomic E-state index is 0.188. The van der Waals surface area contributed by atoms with Crippen LogP contribution in [0.3, 0.4) is 0 Å². The lowest BCUT2D eigenvalue weighted by Gasteiger charge is -2.06. The third kappa shape index (κ3) is 3.25. The van der Waals surface area contributed by atoms with Crippen LogP contribution >= 0.6 is 22.9 Å². The minimum atomic E-state index is -0.322. The van der Waals surface area contributed by atoms with E-state index in [0.29, 0.717) is 27.1 Å². The Balaban J connectivity index is 2.20. The maximum atomic E-state index is 13.1. The van der Waals surface area contributed by atoms with Crippen molar-refractivity contribution in [3.63, 3.8) is 0 Å². The highest BCUT2D eigenvalue weighted by atomic mass is 35.5. The molecule has 0 atom stereocenters. The molecule has 1 amide bonds. The maximum absolute atomic E-state index is 13.1. The second-order valence-electron chi connectivity index (χ2n) is 4.82. The Hall–Kier alpha value is -1.13. The van der Waals surface area contributed by atoms with Crippen molar-refractivity contribution in [2.45, 2.75) is 20.3 Å². The molecule has 2 nitrogen and oxygen atoms in total. The van der Waals surface area contributed by atoms with Crippen molar-refractivity contribution in [1.29, 1.82) is 0 Å². The average molecular weight is 300 g/mol. The van der Waals surface area contributed by atoms with Crippen molar-refractivity contribution in [2.75, 3.05) is 6.54 Å². The molecule has 0 aliphatic carbocycles. The van der Waals surface area contributed by atoms with Gasteiger partial charge in [-0.25, -0.2) is 4.39 Å². The van der Waals surface area contributed by atoms with Gasteiger partial charge in [-0.15, -0.1) is 11.3 Å². The number of fused-ring (bicyclic) bond motifs is 1. The fourth-order valence-corrected chi connectivity index (χ4v) is 3.20. The van der Waals surface area contributed by atoms with Crippen LogP contribution in [0, 0.1) is 11.7 Å². The summed E-state index contributed by atoms with van der Waals surface area (Å²) in [6, 6.07) is 4.35. The summed E-state index contributed by atoms with van der Waals surface area (Å²) in [5.74, 6) is 0.0247. The first-order valence-electron chi connectivity index (χ1n) is 6.14. The van der Waals surface area contributed by atoms with Crippen molar-refractivity contribution < 1.29 is 9.18 Å². The first-order valence-corrected chi connectivity index (χ1v) is 7.34. The zero-order chi connectivity index (χ0) is 14.0. The van der Waals surface area contributed by atoms with Gasteiger partial charge in [-0.1, -0.05) is 25.4 Å². The van der Waals surface area contributed by atoms with Gasteiger partial charge in [0.2, 0.25) is 0 Å². The molecular weight excluding hydrogens is 285 g/mol. The number of thiophene rings is 1. The lowest BCUT2D eigenvalue weighted by molar-refractivity contribution is 0.0956. The van der Waals surface area contributed by atoms with Crippen molar-refractivity contribution >= 4 is 38.9 Å². The SMILES string of the molecule is CC(C)CCNC(=O)c1sc2cc(F)ccc2c1Cl. The van der Waals surface area contributed by atoms with Gasteiger partial charge in [0.05, 0.1) is 5.02 Å². The van der Waals surface area contributed by atoms with Gasteiger partial charge in [0.15, 0.2) is 0 Å². The first kappa shape index (κ1) is 14.3. The van der Waals surface area contributed by atoms with Gasteiger partial charge >= 0.3 is 0 Å². The Kier molecular flexibility index (Phi) is 4.42. The van der Waals surface area contributed by atoms with Crippen LogP contribution < -0.4 is 5.32 Å². The normalized spacial score (nSPS) is 11.2. The van der Waals surface area contributed by atoms with Gasteiger partial charge < -0.3 is 5.32 Å². The molecule has 2 rings (SSSR count). The third-order valence-corrected chi connectivity index (χ3v) is 4.46. The summed E-state index contributed by atoms with van der Waals surface area (Å²) >= 11 is 7.39. The topological polar surface area (TPSA) is 29.1 Å². The van der Waals surface area contributed by atoms with E-state index in [4.69, 9.17) is 11.6 Å². The van der Waals surface area contributed by atoms with Crippen LogP contribution in [-0.2, 0) is 0 Å². The predicted molar refractivity (Wildman–Crippen MR) is 78.6 cm³/mol. The van der Waals surface area contributed by atoms with E-state index in [-0.39, 0.29) is 11.7 Å². The van der Waals surface area contributed by atoms with E-state index in [1.807, 2.05) is 0 Å². The largest absolute Gasteiger partial charge is 0.351 e. The molecular formula is C14H15ClFNOS. The molecule has 0 fully saturated rings. The van der Waals surface area contributed by atoms with Gasteiger partial charge in [-0.3, -0.25) is 4.79 Å². The van der Waals surface area contributed by atoms with E-state index in [0.717, 1.165) is 11.8 Å². The summed E-state index contributed by atoms with van der Waals surface area (Å²) in [6.07, 6.45) is 0.920. The van der Waals surface area contributed by atoms with Crippen LogP contribution in [0.15, 0.2) is 18.2 Å². The quantitative estimate of drug-likeness (QED) is 0.886. The van der Waals surface area contributed by atoms with Gasteiger partial charge in [-0.2, -0.15) is 0 Å². The Morgan fingerprint density at radius 2 is 2.21 bits per heavy atom. The van der Waals surface area contributed by atoms with Gasteiger partial charge in [0, 0.05) is 16.6 Å². The number of carbonyl (C=O) groups is 1. The van der Waals surface area contributed by atoms with Crippen molar-refractivity contribution in [1.82, 2.24) is 5.32 Å². The molecule has 102 valence electrons. The fourth-order valence-electron chi connectivity index (χ4n) is 1.74. The van der Waals surface area contributed by atoms with Crippen LogP contribution in [0.5, 0.6) is 0 Å². The van der Waals surface area contributed by atoms with Crippen LogP contribution in [-0.4, -0.2) is 12.5 Å². The molecule has 0 spiro atoms. The maximum Gasteiger partial charge on any atom is 0.262 e.